The number of carboxylic acids is 1. The molecule has 0 aliphatic carbocycles. The van der Waals surface area contributed by atoms with Gasteiger partial charge in [-0.2, -0.15) is 0 Å². The zero-order chi connectivity index (χ0) is 9.14. The lowest BCUT2D eigenvalue weighted by atomic mass is 10.1. The smallest absolute Gasteiger partial charge is 0.336 e. The Morgan fingerprint density at radius 2 is 2.25 bits per heavy atom. The number of hydrogen-bond donors (Lipinski definition) is 3. The van der Waals surface area contributed by atoms with Crippen LogP contribution < -0.4 is 11.1 Å². The quantitative estimate of drug-likeness (QED) is 0.393. The van der Waals surface area contributed by atoms with Gasteiger partial charge in [-0.15, -0.1) is 0 Å². The minimum Gasteiger partial charge on any atom is -0.478 e. The van der Waals surface area contributed by atoms with Gasteiger partial charge in [0.15, 0.2) is 6.21 Å². The van der Waals surface area contributed by atoms with E-state index in [0.29, 0.717) is 11.3 Å². The van der Waals surface area contributed by atoms with Gasteiger partial charge in [-0.25, -0.2) is 4.79 Å². The number of nitrogen functional groups attached to an aromatic ring is 1. The lowest BCUT2D eigenvalue weighted by Gasteiger charge is -2.00. The van der Waals surface area contributed by atoms with Crippen LogP contribution in [0.4, 0.5) is 5.69 Å². The first-order valence-corrected chi connectivity index (χ1v) is 3.33. The Kier molecular flexibility index (Phi) is 2.09. The van der Waals surface area contributed by atoms with Gasteiger partial charge in [-0.05, 0) is 12.1 Å². The van der Waals surface area contributed by atoms with Crippen molar-refractivity contribution < 1.29 is 15.3 Å². The van der Waals surface area contributed by atoms with Crippen LogP contribution in [0.3, 0.4) is 0 Å². The molecule has 62 valence electrons. The van der Waals surface area contributed by atoms with Crippen LogP contribution >= 0.6 is 0 Å². The van der Waals surface area contributed by atoms with Crippen molar-refractivity contribution in [3.05, 3.63) is 29.3 Å². The highest BCUT2D eigenvalue weighted by molar-refractivity contribution is 6.00. The van der Waals surface area contributed by atoms with Crippen LogP contribution in [0.2, 0.25) is 0 Å². The molecule has 12 heavy (non-hydrogen) atoms. The molecule has 0 radical (unpaired) electrons. The van der Waals surface area contributed by atoms with Crippen LogP contribution in [0.1, 0.15) is 15.9 Å². The summed E-state index contributed by atoms with van der Waals surface area (Å²) in [6.45, 7) is 0. The average molecular weight is 165 g/mol. The van der Waals surface area contributed by atoms with E-state index in [1.165, 1.54) is 12.3 Å². The van der Waals surface area contributed by atoms with Crippen molar-refractivity contribution >= 4 is 17.9 Å². The van der Waals surface area contributed by atoms with Gasteiger partial charge in [0.05, 0.1) is 11.1 Å². The molecule has 0 spiro atoms. The van der Waals surface area contributed by atoms with E-state index in [1.807, 2.05) is 0 Å². The number of carbonyl (C=O) groups is 1. The highest BCUT2D eigenvalue weighted by atomic mass is 16.4. The van der Waals surface area contributed by atoms with Gasteiger partial charge >= 0.3 is 5.97 Å². The van der Waals surface area contributed by atoms with E-state index in [-0.39, 0.29) is 5.56 Å². The molecule has 1 rings (SSSR count). The SMILES string of the molecule is Nc1cccc(C(=O)O)c1C=[NH2+]. The third-order valence-corrected chi connectivity index (χ3v) is 1.54. The molecule has 0 heterocycles. The van der Waals surface area contributed by atoms with Gasteiger partial charge in [0.25, 0.3) is 0 Å². The van der Waals surface area contributed by atoms with Gasteiger partial charge < -0.3 is 10.8 Å². The molecule has 1 aromatic carbocycles. The monoisotopic (exact) mass is 165 g/mol. The lowest BCUT2D eigenvalue weighted by Crippen LogP contribution is -2.31. The number of carboxylic acid groups (broad SMARTS) is 1. The normalized spacial score (nSPS) is 9.33. The molecule has 0 saturated carbocycles. The molecule has 0 atom stereocenters. The number of anilines is 1. The predicted octanol–water partition coefficient (Wildman–Crippen LogP) is -0.855. The molecule has 0 saturated heterocycles. The van der Waals surface area contributed by atoms with E-state index < -0.39 is 5.97 Å². The zero-order valence-corrected chi connectivity index (χ0v) is 6.32. The topological polar surface area (TPSA) is 88.9 Å². The largest absolute Gasteiger partial charge is 0.478 e. The maximum absolute atomic E-state index is 10.6. The fraction of sp³-hybridized carbons (Fsp3) is 0. The van der Waals surface area contributed by atoms with E-state index in [0.717, 1.165) is 0 Å². The van der Waals surface area contributed by atoms with Crippen LogP contribution in [-0.2, 0) is 0 Å². The summed E-state index contributed by atoms with van der Waals surface area (Å²) < 4.78 is 0. The summed E-state index contributed by atoms with van der Waals surface area (Å²) in [5.74, 6) is -1.03. The molecule has 0 fully saturated rings. The Morgan fingerprint density at radius 3 is 2.67 bits per heavy atom. The molecule has 4 nitrogen and oxygen atoms in total. The first-order chi connectivity index (χ1) is 5.66. The first kappa shape index (κ1) is 8.26. The summed E-state index contributed by atoms with van der Waals surface area (Å²) >= 11 is 0. The van der Waals surface area contributed by atoms with Crippen molar-refractivity contribution in [3.63, 3.8) is 0 Å². The summed E-state index contributed by atoms with van der Waals surface area (Å²) in [5, 5.41) is 13.9. The maximum Gasteiger partial charge on any atom is 0.336 e. The van der Waals surface area contributed by atoms with Crippen LogP contribution in [0, 0.1) is 0 Å². The number of rotatable bonds is 2. The second-order valence-corrected chi connectivity index (χ2v) is 2.28. The Bertz CT molecular complexity index is 334. The van der Waals surface area contributed by atoms with Crippen molar-refractivity contribution in [2.24, 2.45) is 0 Å². The zero-order valence-electron chi connectivity index (χ0n) is 6.32. The lowest BCUT2D eigenvalue weighted by molar-refractivity contribution is -0.104. The minimum absolute atomic E-state index is 0.123. The molecule has 0 amide bonds. The molecule has 0 aliphatic heterocycles. The van der Waals surface area contributed by atoms with Gasteiger partial charge in [0.1, 0.15) is 0 Å². The van der Waals surface area contributed by atoms with E-state index in [9.17, 15) is 4.79 Å². The minimum atomic E-state index is -1.03. The molecule has 1 aromatic rings. The fourth-order valence-corrected chi connectivity index (χ4v) is 0.956. The summed E-state index contributed by atoms with van der Waals surface area (Å²) in [5.41, 5.74) is 6.36. The maximum atomic E-state index is 10.6. The van der Waals surface area contributed by atoms with Crippen LogP contribution in [0.15, 0.2) is 18.2 Å². The van der Waals surface area contributed by atoms with Crippen LogP contribution in [-0.4, -0.2) is 17.3 Å². The molecule has 0 unspecified atom stereocenters. The van der Waals surface area contributed by atoms with Gasteiger partial charge in [0, 0.05) is 5.69 Å². The summed E-state index contributed by atoms with van der Waals surface area (Å²) in [6.07, 6.45) is 1.19. The Hall–Kier alpha value is -1.84. The van der Waals surface area contributed by atoms with Crippen LogP contribution in [0.25, 0.3) is 0 Å². The molecule has 4 heteroatoms. The number of hydrogen-bond acceptors (Lipinski definition) is 2. The first-order valence-electron chi connectivity index (χ1n) is 3.33. The van der Waals surface area contributed by atoms with Crippen molar-refractivity contribution in [2.75, 3.05) is 5.73 Å². The van der Waals surface area contributed by atoms with Crippen molar-refractivity contribution in [1.82, 2.24) is 0 Å². The predicted molar refractivity (Wildman–Crippen MR) is 44.9 cm³/mol. The average Bonchev–Trinajstić information content (AvgIpc) is 2.03. The third-order valence-electron chi connectivity index (χ3n) is 1.54. The fourth-order valence-electron chi connectivity index (χ4n) is 0.956. The summed E-state index contributed by atoms with van der Waals surface area (Å²) in [7, 11) is 0. The van der Waals surface area contributed by atoms with Gasteiger partial charge in [-0.1, -0.05) is 6.07 Å². The van der Waals surface area contributed by atoms with Gasteiger partial charge in [0.2, 0.25) is 0 Å². The summed E-state index contributed by atoms with van der Waals surface area (Å²) in [4.78, 5) is 10.6. The molecule has 0 aliphatic rings. The molecular formula is C8H9N2O2+. The van der Waals surface area contributed by atoms with Gasteiger partial charge in [-0.3, -0.25) is 5.41 Å². The number of benzene rings is 1. The van der Waals surface area contributed by atoms with Crippen molar-refractivity contribution in [3.8, 4) is 0 Å². The van der Waals surface area contributed by atoms with Crippen molar-refractivity contribution in [2.45, 2.75) is 0 Å². The highest BCUT2D eigenvalue weighted by Gasteiger charge is 2.11. The standard InChI is InChI=1S/C8H8N2O2/c9-4-6-5(8(11)12)2-1-3-7(6)10/h1-4,9H,10H2,(H,11,12)/p+1. The van der Waals surface area contributed by atoms with Crippen LogP contribution in [0.5, 0.6) is 0 Å². The summed E-state index contributed by atoms with van der Waals surface area (Å²) in [6, 6.07) is 4.63. The van der Waals surface area contributed by atoms with E-state index in [2.05, 4.69) is 0 Å². The second kappa shape index (κ2) is 3.04. The molecule has 5 N–H and O–H groups in total. The Balaban J connectivity index is 3.37. The third kappa shape index (κ3) is 1.27. The highest BCUT2D eigenvalue weighted by Crippen LogP contribution is 2.13. The Morgan fingerprint density at radius 1 is 1.58 bits per heavy atom. The molecule has 0 bridgehead atoms. The molecular weight excluding hydrogens is 156 g/mol. The number of aromatic carboxylic acids is 1. The molecule has 0 aromatic heterocycles. The Labute approximate surface area is 69.1 Å². The van der Waals surface area contributed by atoms with E-state index in [1.54, 1.807) is 12.1 Å². The number of nitrogens with two attached hydrogens (primary N) is 2. The second-order valence-electron chi connectivity index (χ2n) is 2.28. The van der Waals surface area contributed by atoms with Crippen molar-refractivity contribution in [1.29, 1.82) is 0 Å². The van der Waals surface area contributed by atoms with E-state index >= 15 is 0 Å². The van der Waals surface area contributed by atoms with E-state index in [4.69, 9.17) is 16.2 Å².